The molecular weight excluding hydrogens is 590 g/mol. The largest absolute Gasteiger partial charge is 1.00 e. The van der Waals surface area contributed by atoms with Crippen LogP contribution < -0.4 is 40.4 Å². The molecule has 5 rings (SSSR count). The number of nitrogen functional groups attached to an aromatic ring is 1. The molecule has 16 heteroatoms. The Kier molecular flexibility index (Phi) is 9.97. The number of benzene rings is 1. The number of carbonyl (C=O) groups excluding carboxylic acids is 1. The number of carboxylic acids is 1. The van der Waals surface area contributed by atoms with Crippen molar-refractivity contribution >= 4 is 63.1 Å². The quantitative estimate of drug-likeness (QED) is 0.0787. The maximum atomic E-state index is 13.1. The third-order valence-corrected chi connectivity index (χ3v) is 8.63. The Labute approximate surface area is 262 Å². The monoisotopic (exact) mass is 610 g/mol. The van der Waals surface area contributed by atoms with Gasteiger partial charge in [0.2, 0.25) is 0 Å². The van der Waals surface area contributed by atoms with E-state index >= 15 is 0 Å². The van der Waals surface area contributed by atoms with E-state index in [9.17, 15) is 24.2 Å². The molecule has 3 N–H and O–H groups in total. The zero-order valence-electron chi connectivity index (χ0n) is 21.0. The molecule has 1 aromatic carbocycles. The minimum atomic E-state index is -1.25. The fourth-order valence-electron chi connectivity index (χ4n) is 4.16. The summed E-state index contributed by atoms with van der Waals surface area (Å²) in [4.78, 5) is 44.4. The predicted molar refractivity (Wildman–Crippen MR) is 144 cm³/mol. The molecule has 1 fully saturated rings. The number of rotatable bonds is 10. The number of allylic oxidation sites excluding steroid dienone is 1. The molecule has 11 nitrogen and oxygen atoms in total. The number of amides is 1. The number of β-lactam (4-membered cyclic amide) rings is 1. The minimum Gasteiger partial charge on any atom is -0.857 e. The number of aliphatic imine (C=N–C) groups is 1. The summed E-state index contributed by atoms with van der Waals surface area (Å²) >= 11 is 3.67. The topological polar surface area (TPSA) is 166 Å². The van der Waals surface area contributed by atoms with Crippen molar-refractivity contribution < 1.29 is 58.6 Å². The number of anilines is 1. The molecule has 2 aliphatic rings. The number of carboxylic acid groups (broad SMARTS) is 1. The van der Waals surface area contributed by atoms with Gasteiger partial charge in [0.05, 0.1) is 11.7 Å². The predicted octanol–water partition coefficient (Wildman–Crippen LogP) is -0.236. The van der Waals surface area contributed by atoms with Crippen LogP contribution >= 0.6 is 34.4 Å². The van der Waals surface area contributed by atoms with Gasteiger partial charge in [-0.25, -0.2) is 19.2 Å². The molecule has 40 heavy (non-hydrogen) atoms. The van der Waals surface area contributed by atoms with E-state index in [1.54, 1.807) is 0 Å². The van der Waals surface area contributed by atoms with Crippen LogP contribution in [0.3, 0.4) is 0 Å². The van der Waals surface area contributed by atoms with Gasteiger partial charge in [0, 0.05) is 27.1 Å². The number of alkyl halides is 1. The van der Waals surface area contributed by atoms with Crippen LogP contribution in [0.4, 0.5) is 9.52 Å². The number of aromatic nitrogens is 2. The Morgan fingerprint density at radius 1 is 1.27 bits per heavy atom. The number of nitrogens with two attached hydrogens (primary N) is 1. The van der Waals surface area contributed by atoms with Crippen molar-refractivity contribution in [3.05, 3.63) is 57.4 Å². The molecular formula is C24H20FN6NaO5S3. The molecule has 1 saturated heterocycles. The molecule has 0 aliphatic carbocycles. The summed E-state index contributed by atoms with van der Waals surface area (Å²) < 4.78 is 13.1. The number of oxime groups is 1. The van der Waals surface area contributed by atoms with Gasteiger partial charge in [-0.2, -0.15) is 0 Å². The van der Waals surface area contributed by atoms with E-state index in [1.165, 1.54) is 33.4 Å². The SMILES string of the molecule is Nc1nc(/C(=N\OCCF)C([O-])=N[C@@H]2C(=O)N3C(C(=O)O)=C(Sc4nc(-c5ccccc5)cs4)CC[C@H]23)cs1.[Na+]. The van der Waals surface area contributed by atoms with E-state index < -0.39 is 36.5 Å². The fraction of sp³-hybridized carbons (Fsp3) is 0.250. The Balaban J connectivity index is 0.00000370. The molecule has 2 aliphatic heterocycles. The first-order chi connectivity index (χ1) is 18.9. The molecule has 0 spiro atoms. The van der Waals surface area contributed by atoms with Gasteiger partial charge in [-0.1, -0.05) is 47.2 Å². The van der Waals surface area contributed by atoms with Crippen LogP contribution in [0.2, 0.25) is 0 Å². The molecule has 0 bridgehead atoms. The van der Waals surface area contributed by atoms with Gasteiger partial charge in [0.1, 0.15) is 36.4 Å². The van der Waals surface area contributed by atoms with Gasteiger partial charge in [-0.3, -0.25) is 14.7 Å². The minimum absolute atomic E-state index is 0. The standard InChI is InChI=1S/C24H21FN6O5S3.Na/c25-8-9-36-30-17(14-11-37-23(26)27-14)20(32)29-18-15-6-7-16(19(22(34)35)31(15)21(18)33)39-24-28-13(10-38-24)12-4-2-1-3-5-12;/h1-5,10-11,15,18H,6-9H2,(H2,26,27)(H,29,32)(H,34,35);/q;+1/p-1/b30-17+;/t15-,18+;/m1./s1. The maximum Gasteiger partial charge on any atom is 1.00 e. The van der Waals surface area contributed by atoms with Crippen molar-refractivity contribution in [1.29, 1.82) is 0 Å². The van der Waals surface area contributed by atoms with Gasteiger partial charge < -0.3 is 20.8 Å². The van der Waals surface area contributed by atoms with Crippen LogP contribution in [-0.2, 0) is 14.4 Å². The Morgan fingerprint density at radius 3 is 2.73 bits per heavy atom. The third kappa shape index (κ3) is 6.24. The number of hydrogen-bond acceptors (Lipinski definition) is 12. The Morgan fingerprint density at radius 2 is 2.05 bits per heavy atom. The molecule has 2 atom stereocenters. The first-order valence-electron chi connectivity index (χ1n) is 11.6. The molecule has 0 saturated carbocycles. The molecule has 0 radical (unpaired) electrons. The molecule has 3 aromatic rings. The number of fused-ring (bicyclic) bond motifs is 1. The van der Waals surface area contributed by atoms with Crippen LogP contribution in [0, 0.1) is 0 Å². The summed E-state index contributed by atoms with van der Waals surface area (Å²) in [5, 5.41) is 30.1. The zero-order chi connectivity index (χ0) is 27.5. The molecule has 0 unspecified atom stereocenters. The average Bonchev–Trinajstić information content (AvgIpc) is 3.58. The summed E-state index contributed by atoms with van der Waals surface area (Å²) in [6.45, 7) is -1.20. The number of carbonyl (C=O) groups is 2. The van der Waals surface area contributed by atoms with Crippen molar-refractivity contribution in [3.63, 3.8) is 0 Å². The second-order valence-corrected chi connectivity index (χ2v) is 11.4. The average molecular weight is 611 g/mol. The Bertz CT molecular complexity index is 1490. The van der Waals surface area contributed by atoms with Gasteiger partial charge in [-0.15, -0.1) is 22.7 Å². The summed E-state index contributed by atoms with van der Waals surface area (Å²) in [5.41, 5.74) is 7.00. The second kappa shape index (κ2) is 13.2. The van der Waals surface area contributed by atoms with Gasteiger partial charge >= 0.3 is 35.5 Å². The molecule has 2 aromatic heterocycles. The van der Waals surface area contributed by atoms with E-state index in [1.807, 2.05) is 35.7 Å². The number of halogens is 1. The van der Waals surface area contributed by atoms with Crippen molar-refractivity contribution in [2.45, 2.75) is 29.3 Å². The van der Waals surface area contributed by atoms with E-state index in [4.69, 9.17) is 10.6 Å². The number of nitrogens with zero attached hydrogens (tertiary/aromatic N) is 5. The molecule has 4 heterocycles. The van der Waals surface area contributed by atoms with Crippen molar-refractivity contribution in [3.8, 4) is 11.3 Å². The maximum absolute atomic E-state index is 13.1. The second-order valence-electron chi connectivity index (χ2n) is 8.27. The summed E-state index contributed by atoms with van der Waals surface area (Å²) in [6, 6.07) is 7.90. The zero-order valence-corrected chi connectivity index (χ0v) is 25.5. The van der Waals surface area contributed by atoms with E-state index in [0.29, 0.717) is 22.1 Å². The number of aliphatic carboxylic acids is 1. The normalized spacial score (nSPS) is 19.1. The van der Waals surface area contributed by atoms with Crippen molar-refractivity contribution in [2.75, 3.05) is 19.0 Å². The summed E-state index contributed by atoms with van der Waals surface area (Å²) in [6.07, 6.45) is 0.766. The van der Waals surface area contributed by atoms with Crippen molar-refractivity contribution in [1.82, 2.24) is 14.9 Å². The summed E-state index contributed by atoms with van der Waals surface area (Å²) in [7, 11) is 0. The van der Waals surface area contributed by atoms with Crippen LogP contribution in [0.15, 0.2) is 66.2 Å². The first kappa shape index (κ1) is 30.1. The van der Waals surface area contributed by atoms with Crippen LogP contribution in [0.1, 0.15) is 18.5 Å². The van der Waals surface area contributed by atoms with Gasteiger partial charge in [0.15, 0.2) is 9.47 Å². The number of thioether (sulfide) groups is 1. The van der Waals surface area contributed by atoms with E-state index in [0.717, 1.165) is 22.6 Å². The van der Waals surface area contributed by atoms with Gasteiger partial charge in [0.25, 0.3) is 5.91 Å². The first-order valence-corrected chi connectivity index (χ1v) is 14.2. The smallest absolute Gasteiger partial charge is 0.857 e. The molecule has 1 amide bonds. The fourth-order valence-corrected chi connectivity index (χ4v) is 6.76. The third-order valence-electron chi connectivity index (χ3n) is 5.87. The number of thiazole rings is 2. The number of hydrogen-bond donors (Lipinski definition) is 2. The Hall–Kier alpha value is -2.82. The van der Waals surface area contributed by atoms with Crippen molar-refractivity contribution in [2.24, 2.45) is 10.1 Å². The van der Waals surface area contributed by atoms with Crippen LogP contribution in [0.25, 0.3) is 11.3 Å². The van der Waals surface area contributed by atoms with Crippen LogP contribution in [-0.4, -0.2) is 68.8 Å². The van der Waals surface area contributed by atoms with Crippen LogP contribution in [0.5, 0.6) is 0 Å². The summed E-state index contributed by atoms with van der Waals surface area (Å²) in [5.74, 6) is -2.76. The molecule has 202 valence electrons. The van der Waals surface area contributed by atoms with E-state index in [2.05, 4.69) is 20.1 Å². The van der Waals surface area contributed by atoms with E-state index in [-0.39, 0.29) is 58.4 Å². The van der Waals surface area contributed by atoms with Gasteiger partial charge in [-0.05, 0) is 12.8 Å².